The van der Waals surface area contributed by atoms with Gasteiger partial charge in [-0.1, -0.05) is 0 Å². The molecule has 1 aliphatic rings. The fourth-order valence-electron chi connectivity index (χ4n) is 1.43. The Hall–Kier alpha value is -3.35. The number of nitrogens with two attached hydrogens (primary N) is 1. The Morgan fingerprint density at radius 2 is 2.20 bits per heavy atom. The smallest absolute Gasteiger partial charge is 0.298 e. The maximum absolute atomic E-state index is 11.0. The molecule has 2 rings (SSSR count). The summed E-state index contributed by atoms with van der Waals surface area (Å²) in [4.78, 5) is 10.3. The van der Waals surface area contributed by atoms with E-state index in [9.17, 15) is 10.1 Å². The fraction of sp³-hybridized carbons (Fsp3) is 0.100. The number of hydrazone groups is 1. The van der Waals surface area contributed by atoms with Crippen molar-refractivity contribution in [2.45, 2.75) is 0 Å². The third kappa shape index (κ3) is 2.41. The number of hydrogen-bond acceptors (Lipinski definition) is 8. The van der Waals surface area contributed by atoms with Gasteiger partial charge in [-0.3, -0.25) is 20.9 Å². The fourth-order valence-corrected chi connectivity index (χ4v) is 1.43. The molecule has 102 valence electrons. The zero-order valence-corrected chi connectivity index (χ0v) is 9.91. The Balaban J connectivity index is 2.39. The number of anilines is 1. The minimum atomic E-state index is -0.639. The number of nitrogens with one attached hydrogen (secondary N) is 2. The summed E-state index contributed by atoms with van der Waals surface area (Å²) in [6.45, 7) is -0.0316. The largest absolute Gasteiger partial charge is 0.454 e. The molecule has 0 spiro atoms. The van der Waals surface area contributed by atoms with Crippen molar-refractivity contribution < 1.29 is 14.4 Å². The minimum absolute atomic E-state index is 0.00625. The zero-order chi connectivity index (χ0) is 14.7. The lowest BCUT2D eigenvalue weighted by Crippen LogP contribution is -2.21. The SMILES string of the molecule is N#C/C(=N\Nc1cc2c(cc1[N+](=O)[O-])OCO2)C(=N)N. The van der Waals surface area contributed by atoms with Gasteiger partial charge in [-0.25, -0.2) is 0 Å². The van der Waals surface area contributed by atoms with Gasteiger partial charge in [0, 0.05) is 6.07 Å². The molecule has 1 aliphatic heterocycles. The van der Waals surface area contributed by atoms with E-state index < -0.39 is 16.5 Å². The van der Waals surface area contributed by atoms with Gasteiger partial charge in [0.1, 0.15) is 11.8 Å². The van der Waals surface area contributed by atoms with Crippen molar-refractivity contribution >= 4 is 22.9 Å². The summed E-state index contributed by atoms with van der Waals surface area (Å²) in [6.07, 6.45) is 0. The van der Waals surface area contributed by atoms with Gasteiger partial charge in [-0.05, 0) is 0 Å². The molecular formula is C10H8N6O4. The highest BCUT2D eigenvalue weighted by molar-refractivity contribution is 6.45. The Kier molecular flexibility index (Phi) is 3.34. The van der Waals surface area contributed by atoms with Crippen LogP contribution in [0.1, 0.15) is 0 Å². The highest BCUT2D eigenvalue weighted by Gasteiger charge is 2.23. The van der Waals surface area contributed by atoms with E-state index in [1.54, 1.807) is 6.07 Å². The van der Waals surface area contributed by atoms with Crippen LogP contribution in [0.4, 0.5) is 11.4 Å². The summed E-state index contributed by atoms with van der Waals surface area (Å²) in [5.74, 6) is 0.0105. The summed E-state index contributed by atoms with van der Waals surface area (Å²) in [6, 6.07) is 4.08. The average molecular weight is 276 g/mol. The number of nitrogens with zero attached hydrogens (tertiary/aromatic N) is 3. The van der Waals surface area contributed by atoms with Crippen LogP contribution in [-0.2, 0) is 0 Å². The van der Waals surface area contributed by atoms with Crippen molar-refractivity contribution in [3.63, 3.8) is 0 Å². The van der Waals surface area contributed by atoms with E-state index in [4.69, 9.17) is 25.9 Å². The Bertz CT molecular complexity index is 662. The predicted octanol–water partition coefficient (Wildman–Crippen LogP) is 0.551. The maximum atomic E-state index is 11.0. The van der Waals surface area contributed by atoms with Crippen LogP contribution in [0.25, 0.3) is 0 Å². The molecule has 1 aromatic carbocycles. The van der Waals surface area contributed by atoms with Gasteiger partial charge in [0.25, 0.3) is 5.69 Å². The minimum Gasteiger partial charge on any atom is -0.454 e. The molecule has 0 saturated carbocycles. The molecular weight excluding hydrogens is 268 g/mol. The molecule has 1 heterocycles. The van der Waals surface area contributed by atoms with E-state index in [-0.39, 0.29) is 23.9 Å². The van der Waals surface area contributed by atoms with Gasteiger partial charge in [0.2, 0.25) is 12.5 Å². The quantitative estimate of drug-likeness (QED) is 0.313. The van der Waals surface area contributed by atoms with Crippen molar-refractivity contribution in [1.29, 1.82) is 10.7 Å². The van der Waals surface area contributed by atoms with Gasteiger partial charge in [0.05, 0.1) is 11.0 Å². The Morgan fingerprint density at radius 3 is 2.75 bits per heavy atom. The van der Waals surface area contributed by atoms with Crippen molar-refractivity contribution in [2.75, 3.05) is 12.2 Å². The second-order valence-corrected chi connectivity index (χ2v) is 3.58. The van der Waals surface area contributed by atoms with E-state index in [0.717, 1.165) is 0 Å². The van der Waals surface area contributed by atoms with Gasteiger partial charge in [-0.2, -0.15) is 10.4 Å². The number of nitriles is 1. The molecule has 4 N–H and O–H groups in total. The first-order valence-corrected chi connectivity index (χ1v) is 5.19. The standard InChI is InChI=1S/C10H8N6O4/c11-3-6(10(12)13)15-14-5-1-8-9(20-4-19-8)2-7(5)16(17)18/h1-2,14H,4H2,(H3,12,13)/b15-6+. The molecule has 20 heavy (non-hydrogen) atoms. The summed E-state index contributed by atoms with van der Waals surface area (Å²) < 4.78 is 10.1. The molecule has 0 fully saturated rings. The summed E-state index contributed by atoms with van der Waals surface area (Å²) in [5, 5.41) is 30.3. The highest BCUT2D eigenvalue weighted by atomic mass is 16.7. The van der Waals surface area contributed by atoms with Crippen LogP contribution in [0.2, 0.25) is 0 Å². The predicted molar refractivity (Wildman–Crippen MR) is 67.8 cm³/mol. The van der Waals surface area contributed by atoms with Crippen LogP contribution in [0.15, 0.2) is 17.2 Å². The number of nitro groups is 1. The zero-order valence-electron chi connectivity index (χ0n) is 9.91. The van der Waals surface area contributed by atoms with Crippen LogP contribution in [0.5, 0.6) is 11.5 Å². The molecule has 0 amide bonds. The molecule has 0 unspecified atom stereocenters. The number of nitro benzene ring substituents is 1. The third-order valence-electron chi connectivity index (χ3n) is 2.34. The second-order valence-electron chi connectivity index (χ2n) is 3.58. The summed E-state index contributed by atoms with van der Waals surface area (Å²) >= 11 is 0. The Labute approximate surface area is 112 Å². The van der Waals surface area contributed by atoms with E-state index in [1.165, 1.54) is 12.1 Å². The highest BCUT2D eigenvalue weighted by Crippen LogP contribution is 2.40. The maximum Gasteiger partial charge on any atom is 0.298 e. The number of benzene rings is 1. The first-order valence-electron chi connectivity index (χ1n) is 5.19. The molecule has 0 atom stereocenters. The van der Waals surface area contributed by atoms with Crippen molar-refractivity contribution in [1.82, 2.24) is 0 Å². The molecule has 0 saturated heterocycles. The second kappa shape index (κ2) is 5.11. The van der Waals surface area contributed by atoms with Crippen LogP contribution in [0.3, 0.4) is 0 Å². The monoisotopic (exact) mass is 276 g/mol. The summed E-state index contributed by atoms with van der Waals surface area (Å²) in [7, 11) is 0. The first kappa shape index (κ1) is 13.1. The van der Waals surface area contributed by atoms with Crippen LogP contribution in [-0.4, -0.2) is 23.3 Å². The van der Waals surface area contributed by atoms with Gasteiger partial charge in [0.15, 0.2) is 17.3 Å². The van der Waals surface area contributed by atoms with E-state index in [2.05, 4.69) is 10.5 Å². The number of hydrogen-bond donors (Lipinski definition) is 3. The molecule has 1 aromatic rings. The average Bonchev–Trinajstić information content (AvgIpc) is 2.84. The van der Waals surface area contributed by atoms with Crippen molar-refractivity contribution in [2.24, 2.45) is 10.8 Å². The van der Waals surface area contributed by atoms with Crippen molar-refractivity contribution in [3.8, 4) is 17.6 Å². The molecule has 0 aliphatic carbocycles. The molecule has 0 bridgehead atoms. The number of amidine groups is 1. The number of fused-ring (bicyclic) bond motifs is 1. The van der Waals surface area contributed by atoms with E-state index in [1.807, 2.05) is 0 Å². The number of ether oxygens (including phenoxy) is 2. The third-order valence-corrected chi connectivity index (χ3v) is 2.34. The van der Waals surface area contributed by atoms with Crippen molar-refractivity contribution in [3.05, 3.63) is 22.2 Å². The molecule has 10 heteroatoms. The van der Waals surface area contributed by atoms with E-state index >= 15 is 0 Å². The molecule has 0 radical (unpaired) electrons. The Morgan fingerprint density at radius 1 is 1.55 bits per heavy atom. The van der Waals surface area contributed by atoms with Crippen LogP contribution < -0.4 is 20.6 Å². The van der Waals surface area contributed by atoms with Crippen LogP contribution >= 0.6 is 0 Å². The van der Waals surface area contributed by atoms with Gasteiger partial charge >= 0.3 is 0 Å². The van der Waals surface area contributed by atoms with Gasteiger partial charge in [-0.15, -0.1) is 0 Å². The lowest BCUT2D eigenvalue weighted by Gasteiger charge is -2.04. The lowest BCUT2D eigenvalue weighted by atomic mass is 10.2. The topological polar surface area (TPSA) is 160 Å². The molecule has 0 aromatic heterocycles. The molecule has 10 nitrogen and oxygen atoms in total. The van der Waals surface area contributed by atoms with Gasteiger partial charge < -0.3 is 15.2 Å². The first-order chi connectivity index (χ1) is 9.52. The number of rotatable bonds is 4. The lowest BCUT2D eigenvalue weighted by molar-refractivity contribution is -0.384. The summed E-state index contributed by atoms with van der Waals surface area (Å²) in [5.41, 5.74) is 6.73. The van der Waals surface area contributed by atoms with Crippen LogP contribution in [0, 0.1) is 26.9 Å². The normalized spacial score (nSPS) is 12.7. The van der Waals surface area contributed by atoms with E-state index in [0.29, 0.717) is 5.75 Å².